The van der Waals surface area contributed by atoms with Gasteiger partial charge in [0, 0.05) is 38.9 Å². The molecule has 0 aliphatic carbocycles. The molecular formula is C19H24N2O5. The molecule has 1 aromatic rings. The van der Waals surface area contributed by atoms with Crippen LogP contribution < -0.4 is 9.64 Å². The quantitative estimate of drug-likeness (QED) is 0.817. The van der Waals surface area contributed by atoms with Crippen LogP contribution in [-0.2, 0) is 19.1 Å². The number of rotatable bonds is 3. The molecule has 4 rings (SSSR count). The summed E-state index contributed by atoms with van der Waals surface area (Å²) in [6.07, 6.45) is 1.71. The lowest BCUT2D eigenvalue weighted by atomic mass is 10.0. The van der Waals surface area contributed by atoms with Crippen LogP contribution in [0.25, 0.3) is 0 Å². The average Bonchev–Trinajstić information content (AvgIpc) is 3.09. The van der Waals surface area contributed by atoms with Gasteiger partial charge >= 0.3 is 0 Å². The fourth-order valence-electron chi connectivity index (χ4n) is 3.80. The number of aryl methyl sites for hydroxylation is 1. The molecule has 7 heteroatoms. The van der Waals surface area contributed by atoms with E-state index in [1.807, 2.05) is 30.0 Å². The van der Waals surface area contributed by atoms with E-state index in [0.29, 0.717) is 57.9 Å². The minimum atomic E-state index is -0.478. The lowest BCUT2D eigenvalue weighted by molar-refractivity contribution is -0.187. The van der Waals surface area contributed by atoms with Crippen LogP contribution in [0.3, 0.4) is 0 Å². The van der Waals surface area contributed by atoms with Crippen molar-refractivity contribution in [3.05, 3.63) is 23.8 Å². The first kappa shape index (κ1) is 17.3. The molecule has 26 heavy (non-hydrogen) atoms. The number of piperidine rings is 1. The highest BCUT2D eigenvalue weighted by atomic mass is 16.7. The number of carbonyl (C=O) groups is 2. The van der Waals surface area contributed by atoms with Crippen molar-refractivity contribution >= 4 is 17.5 Å². The van der Waals surface area contributed by atoms with Gasteiger partial charge in [0.1, 0.15) is 5.75 Å². The van der Waals surface area contributed by atoms with E-state index < -0.39 is 5.79 Å². The summed E-state index contributed by atoms with van der Waals surface area (Å²) in [7, 11) is 0. The average molecular weight is 360 g/mol. The van der Waals surface area contributed by atoms with Gasteiger partial charge in [0.05, 0.1) is 18.9 Å². The fourth-order valence-corrected chi connectivity index (χ4v) is 3.80. The fraction of sp³-hybridized carbons (Fsp3) is 0.579. The predicted octanol–water partition coefficient (Wildman–Crippen LogP) is 1.48. The summed E-state index contributed by atoms with van der Waals surface area (Å²) in [5.41, 5.74) is 1.82. The number of likely N-dealkylation sites (tertiary alicyclic amines) is 1. The van der Waals surface area contributed by atoms with Crippen LogP contribution in [0, 0.1) is 6.92 Å². The van der Waals surface area contributed by atoms with Crippen LogP contribution in [0.15, 0.2) is 18.2 Å². The SMILES string of the molecule is Cc1ccc2c(c1)OCC(=O)N2CCC(=O)N1CCC2(CC1)OCCO2. The van der Waals surface area contributed by atoms with E-state index in [1.54, 1.807) is 4.90 Å². The van der Waals surface area contributed by atoms with Crippen LogP contribution in [-0.4, -0.2) is 62.0 Å². The van der Waals surface area contributed by atoms with E-state index in [9.17, 15) is 9.59 Å². The minimum Gasteiger partial charge on any atom is -0.482 e. The molecule has 7 nitrogen and oxygen atoms in total. The smallest absolute Gasteiger partial charge is 0.265 e. The van der Waals surface area contributed by atoms with E-state index >= 15 is 0 Å². The van der Waals surface area contributed by atoms with Gasteiger partial charge in [0.25, 0.3) is 5.91 Å². The molecule has 2 amide bonds. The molecule has 0 N–H and O–H groups in total. The number of hydrogen-bond donors (Lipinski definition) is 0. The second-order valence-corrected chi connectivity index (χ2v) is 7.04. The zero-order chi connectivity index (χ0) is 18.1. The van der Waals surface area contributed by atoms with Crippen molar-refractivity contribution in [3.63, 3.8) is 0 Å². The largest absolute Gasteiger partial charge is 0.482 e. The van der Waals surface area contributed by atoms with Gasteiger partial charge in [-0.25, -0.2) is 0 Å². The van der Waals surface area contributed by atoms with Crippen molar-refractivity contribution in [3.8, 4) is 5.75 Å². The highest BCUT2D eigenvalue weighted by Crippen LogP contribution is 2.34. The van der Waals surface area contributed by atoms with E-state index in [1.165, 1.54) is 0 Å². The van der Waals surface area contributed by atoms with Crippen molar-refractivity contribution in [2.45, 2.75) is 32.0 Å². The third-order valence-corrected chi connectivity index (χ3v) is 5.30. The summed E-state index contributed by atoms with van der Waals surface area (Å²) in [5.74, 6) is 0.172. The van der Waals surface area contributed by atoms with Gasteiger partial charge in [0.15, 0.2) is 12.4 Å². The summed E-state index contributed by atoms with van der Waals surface area (Å²) in [6, 6.07) is 5.75. The van der Waals surface area contributed by atoms with Gasteiger partial charge < -0.3 is 24.0 Å². The number of ether oxygens (including phenoxy) is 3. The standard InChI is InChI=1S/C19H24N2O5/c1-14-2-3-15-16(12-14)24-13-18(23)21(15)7-4-17(22)20-8-5-19(6-9-20)25-10-11-26-19/h2-3,12H,4-11,13H2,1H3. The highest BCUT2D eigenvalue weighted by molar-refractivity contribution is 5.98. The van der Waals surface area contributed by atoms with Crippen molar-refractivity contribution in [1.82, 2.24) is 4.90 Å². The van der Waals surface area contributed by atoms with E-state index in [4.69, 9.17) is 14.2 Å². The van der Waals surface area contributed by atoms with Crippen molar-refractivity contribution in [2.75, 3.05) is 44.4 Å². The zero-order valence-corrected chi connectivity index (χ0v) is 15.0. The van der Waals surface area contributed by atoms with E-state index in [0.717, 1.165) is 11.3 Å². The van der Waals surface area contributed by atoms with Gasteiger partial charge in [-0.15, -0.1) is 0 Å². The molecule has 0 unspecified atom stereocenters. The Balaban J connectivity index is 1.35. The normalized spacial score (nSPS) is 21.7. The molecule has 2 saturated heterocycles. The number of carbonyl (C=O) groups excluding carboxylic acids is 2. The molecule has 0 radical (unpaired) electrons. The van der Waals surface area contributed by atoms with Crippen molar-refractivity contribution in [1.29, 1.82) is 0 Å². The molecule has 3 aliphatic rings. The third-order valence-electron chi connectivity index (χ3n) is 5.30. The molecule has 0 atom stereocenters. The first-order valence-corrected chi connectivity index (χ1v) is 9.16. The Labute approximate surface area is 152 Å². The lowest BCUT2D eigenvalue weighted by Crippen LogP contribution is -2.48. The Morgan fingerprint density at radius 3 is 2.65 bits per heavy atom. The third kappa shape index (κ3) is 3.29. The Morgan fingerprint density at radius 2 is 1.92 bits per heavy atom. The summed E-state index contributed by atoms with van der Waals surface area (Å²) in [5, 5.41) is 0. The van der Waals surface area contributed by atoms with Crippen LogP contribution in [0.2, 0.25) is 0 Å². The van der Waals surface area contributed by atoms with Crippen molar-refractivity contribution in [2.24, 2.45) is 0 Å². The molecule has 0 bridgehead atoms. The van der Waals surface area contributed by atoms with Gasteiger partial charge in [0.2, 0.25) is 5.91 Å². The molecule has 1 spiro atoms. The van der Waals surface area contributed by atoms with E-state index in [2.05, 4.69) is 0 Å². The lowest BCUT2D eigenvalue weighted by Gasteiger charge is -2.38. The van der Waals surface area contributed by atoms with Crippen LogP contribution in [0.1, 0.15) is 24.8 Å². The van der Waals surface area contributed by atoms with Gasteiger partial charge in [-0.3, -0.25) is 9.59 Å². The number of anilines is 1. The van der Waals surface area contributed by atoms with Crippen LogP contribution in [0.4, 0.5) is 5.69 Å². The molecule has 3 heterocycles. The summed E-state index contributed by atoms with van der Waals surface area (Å²) >= 11 is 0. The number of amides is 2. The Hall–Kier alpha value is -2.12. The molecule has 3 aliphatic heterocycles. The first-order chi connectivity index (χ1) is 12.6. The Morgan fingerprint density at radius 1 is 1.19 bits per heavy atom. The Kier molecular flexibility index (Phi) is 4.58. The minimum absolute atomic E-state index is 0.0194. The van der Waals surface area contributed by atoms with Gasteiger partial charge in [-0.2, -0.15) is 0 Å². The maximum Gasteiger partial charge on any atom is 0.265 e. The molecule has 0 aromatic heterocycles. The zero-order valence-electron chi connectivity index (χ0n) is 15.0. The van der Waals surface area contributed by atoms with Gasteiger partial charge in [-0.05, 0) is 24.6 Å². The second kappa shape index (κ2) is 6.89. The molecular weight excluding hydrogens is 336 g/mol. The number of benzene rings is 1. The van der Waals surface area contributed by atoms with Crippen LogP contribution >= 0.6 is 0 Å². The number of hydrogen-bond acceptors (Lipinski definition) is 5. The van der Waals surface area contributed by atoms with Crippen molar-refractivity contribution < 1.29 is 23.8 Å². The molecule has 1 aromatic carbocycles. The Bertz CT molecular complexity index is 704. The van der Waals surface area contributed by atoms with Gasteiger partial charge in [-0.1, -0.05) is 6.07 Å². The maximum absolute atomic E-state index is 12.6. The second-order valence-electron chi connectivity index (χ2n) is 7.04. The summed E-state index contributed by atoms with van der Waals surface area (Å²) in [6.45, 7) is 4.89. The maximum atomic E-state index is 12.6. The first-order valence-electron chi connectivity index (χ1n) is 9.16. The number of nitrogens with zero attached hydrogens (tertiary/aromatic N) is 2. The molecule has 0 saturated carbocycles. The predicted molar refractivity (Wildman–Crippen MR) is 94.1 cm³/mol. The molecule has 2 fully saturated rings. The van der Waals surface area contributed by atoms with E-state index in [-0.39, 0.29) is 18.4 Å². The highest BCUT2D eigenvalue weighted by Gasteiger charge is 2.40. The summed E-state index contributed by atoms with van der Waals surface area (Å²) < 4.78 is 16.9. The number of fused-ring (bicyclic) bond motifs is 1. The topological polar surface area (TPSA) is 68.3 Å². The monoisotopic (exact) mass is 360 g/mol. The molecule has 140 valence electrons. The summed E-state index contributed by atoms with van der Waals surface area (Å²) in [4.78, 5) is 28.3. The van der Waals surface area contributed by atoms with Crippen LogP contribution in [0.5, 0.6) is 5.75 Å².